The highest BCUT2D eigenvalue weighted by molar-refractivity contribution is 6.07. The number of rotatable bonds is 5. The molecule has 2 aromatic carbocycles. The normalized spacial score (nSPS) is 22.5. The van der Waals surface area contributed by atoms with Gasteiger partial charge < -0.3 is 5.32 Å². The number of hydrogen-bond acceptors (Lipinski definition) is 4. The summed E-state index contributed by atoms with van der Waals surface area (Å²) in [6.45, 7) is 9.80. The van der Waals surface area contributed by atoms with E-state index in [1.54, 1.807) is 6.92 Å². The smallest absolute Gasteiger partial charge is 0.319 e. The molecule has 0 spiro atoms. The van der Waals surface area contributed by atoms with E-state index >= 15 is 0 Å². The van der Waals surface area contributed by atoms with E-state index in [9.17, 15) is 14.4 Å². The Kier molecular flexibility index (Phi) is 6.14. The van der Waals surface area contributed by atoms with Crippen molar-refractivity contribution in [3.05, 3.63) is 71.3 Å². The second-order valence-corrected chi connectivity index (χ2v) is 10.4. The van der Waals surface area contributed by atoms with E-state index in [-0.39, 0.29) is 35.7 Å². The molecule has 4 rings (SSSR count). The first-order valence-corrected chi connectivity index (χ1v) is 11.7. The van der Waals surface area contributed by atoms with Crippen LogP contribution in [0.2, 0.25) is 0 Å². The summed E-state index contributed by atoms with van der Waals surface area (Å²) in [7, 11) is 0. The molecule has 33 heavy (non-hydrogen) atoms. The van der Waals surface area contributed by atoms with Gasteiger partial charge in [-0.3, -0.25) is 14.5 Å². The predicted molar refractivity (Wildman–Crippen MR) is 128 cm³/mol. The highest BCUT2D eigenvalue weighted by Crippen LogP contribution is 2.32. The molecule has 6 heteroatoms. The molecule has 0 radical (unpaired) electrons. The molecule has 0 aliphatic carbocycles. The Morgan fingerprint density at radius 1 is 1.00 bits per heavy atom. The van der Waals surface area contributed by atoms with Crippen LogP contribution in [0.1, 0.15) is 62.0 Å². The quantitative estimate of drug-likeness (QED) is 0.548. The zero-order chi connectivity index (χ0) is 23.8. The molecular weight excluding hydrogens is 414 g/mol. The molecule has 174 valence electrons. The maximum Gasteiger partial charge on any atom is 0.326 e. The van der Waals surface area contributed by atoms with Crippen molar-refractivity contribution in [1.82, 2.24) is 15.1 Å². The van der Waals surface area contributed by atoms with Gasteiger partial charge in [-0.2, -0.15) is 0 Å². The number of Topliss-reactive ketones (excluding diaryl/α,β-unsaturated/α-hetero) is 1. The van der Waals surface area contributed by atoms with Crippen LogP contribution in [0.5, 0.6) is 0 Å². The van der Waals surface area contributed by atoms with E-state index in [0.29, 0.717) is 13.1 Å². The molecule has 6 nitrogen and oxygen atoms in total. The highest BCUT2D eigenvalue weighted by Gasteiger charge is 2.49. The topological polar surface area (TPSA) is 69.7 Å². The van der Waals surface area contributed by atoms with Crippen LogP contribution in [0.25, 0.3) is 0 Å². The van der Waals surface area contributed by atoms with E-state index in [4.69, 9.17) is 0 Å². The van der Waals surface area contributed by atoms with E-state index in [0.717, 1.165) is 24.0 Å². The van der Waals surface area contributed by atoms with E-state index in [2.05, 4.69) is 31.0 Å². The molecule has 2 saturated heterocycles. The van der Waals surface area contributed by atoms with Crippen LogP contribution in [-0.4, -0.2) is 47.3 Å². The number of amides is 3. The van der Waals surface area contributed by atoms with Gasteiger partial charge in [0.25, 0.3) is 5.91 Å². The number of urea groups is 1. The average molecular weight is 448 g/mol. The van der Waals surface area contributed by atoms with E-state index in [1.165, 1.54) is 10.5 Å². The number of likely N-dealkylation sites (tertiary alicyclic amines) is 1. The van der Waals surface area contributed by atoms with Crippen molar-refractivity contribution in [2.75, 3.05) is 19.8 Å². The van der Waals surface area contributed by atoms with Gasteiger partial charge >= 0.3 is 6.03 Å². The SMILES string of the molecule is CC(C)(C)c1ccc(C2(C)NC(=O)N(CN3CCC(C(=O)c4ccccc4)CC3)C2=O)cc1. The van der Waals surface area contributed by atoms with Crippen molar-refractivity contribution in [2.24, 2.45) is 5.92 Å². The minimum atomic E-state index is -1.07. The van der Waals surface area contributed by atoms with Gasteiger partial charge in [-0.1, -0.05) is 75.4 Å². The minimum absolute atomic E-state index is 0.0154. The summed E-state index contributed by atoms with van der Waals surface area (Å²) in [4.78, 5) is 42.2. The highest BCUT2D eigenvalue weighted by atomic mass is 16.2. The van der Waals surface area contributed by atoms with Crippen molar-refractivity contribution in [1.29, 1.82) is 0 Å². The Morgan fingerprint density at radius 3 is 2.18 bits per heavy atom. The summed E-state index contributed by atoms with van der Waals surface area (Å²) in [6.07, 6.45) is 1.45. The average Bonchev–Trinajstić information content (AvgIpc) is 3.03. The molecule has 2 aliphatic rings. The number of hydrogen-bond donors (Lipinski definition) is 1. The third kappa shape index (κ3) is 4.58. The summed E-state index contributed by atoms with van der Waals surface area (Å²) in [5, 5.41) is 2.90. The van der Waals surface area contributed by atoms with Gasteiger partial charge in [-0.25, -0.2) is 9.69 Å². The van der Waals surface area contributed by atoms with Crippen LogP contribution in [0.15, 0.2) is 54.6 Å². The molecule has 2 heterocycles. The van der Waals surface area contributed by atoms with E-state index < -0.39 is 5.54 Å². The van der Waals surface area contributed by atoms with Crippen LogP contribution in [-0.2, 0) is 15.7 Å². The Morgan fingerprint density at radius 2 is 1.61 bits per heavy atom. The van der Waals surface area contributed by atoms with Gasteiger partial charge in [0.15, 0.2) is 5.78 Å². The lowest BCUT2D eigenvalue weighted by Crippen LogP contribution is -2.46. The summed E-state index contributed by atoms with van der Waals surface area (Å²) >= 11 is 0. The van der Waals surface area contributed by atoms with Gasteiger partial charge in [-0.05, 0) is 36.3 Å². The molecule has 2 aliphatic heterocycles. The maximum absolute atomic E-state index is 13.3. The fourth-order valence-electron chi connectivity index (χ4n) is 4.70. The van der Waals surface area contributed by atoms with Crippen LogP contribution < -0.4 is 5.32 Å². The first-order chi connectivity index (χ1) is 15.6. The molecular formula is C27H33N3O3. The lowest BCUT2D eigenvalue weighted by Gasteiger charge is -2.33. The molecule has 1 unspecified atom stereocenters. The standard InChI is InChI=1S/C27H33N3O3/c1-26(2,3)21-10-12-22(13-11-21)27(4)24(32)30(25(33)28-27)18-29-16-14-20(15-17-29)23(31)19-8-6-5-7-9-19/h5-13,20H,14-18H2,1-4H3,(H,28,33). The second kappa shape index (κ2) is 8.75. The summed E-state index contributed by atoms with van der Waals surface area (Å²) in [6, 6.07) is 16.9. The van der Waals surface area contributed by atoms with Crippen molar-refractivity contribution in [2.45, 2.75) is 51.5 Å². The number of nitrogens with zero attached hydrogens (tertiary/aromatic N) is 2. The zero-order valence-corrected chi connectivity index (χ0v) is 19.9. The van der Waals surface area contributed by atoms with Crippen LogP contribution >= 0.6 is 0 Å². The molecule has 1 N–H and O–H groups in total. The van der Waals surface area contributed by atoms with Crippen LogP contribution in [0.4, 0.5) is 4.79 Å². The van der Waals surface area contributed by atoms with Gasteiger partial charge in [-0.15, -0.1) is 0 Å². The third-order valence-electron chi connectivity index (χ3n) is 6.96. The zero-order valence-electron chi connectivity index (χ0n) is 19.9. The van der Waals surface area contributed by atoms with Crippen molar-refractivity contribution in [3.63, 3.8) is 0 Å². The molecule has 1 atom stereocenters. The Labute approximate surface area is 196 Å². The summed E-state index contributed by atoms with van der Waals surface area (Å²) in [5.41, 5.74) is 1.65. The van der Waals surface area contributed by atoms with Crippen molar-refractivity contribution in [3.8, 4) is 0 Å². The molecule has 2 aromatic rings. The maximum atomic E-state index is 13.3. The third-order valence-corrected chi connectivity index (χ3v) is 6.96. The fourth-order valence-corrected chi connectivity index (χ4v) is 4.70. The molecule has 0 bridgehead atoms. The molecule has 3 amide bonds. The number of carbonyl (C=O) groups excluding carboxylic acids is 3. The van der Waals surface area contributed by atoms with Crippen LogP contribution in [0, 0.1) is 5.92 Å². The number of carbonyl (C=O) groups is 3. The second-order valence-electron chi connectivity index (χ2n) is 10.4. The Bertz CT molecular complexity index is 1030. The van der Waals surface area contributed by atoms with Crippen molar-refractivity contribution >= 4 is 17.7 Å². The minimum Gasteiger partial charge on any atom is -0.319 e. The van der Waals surface area contributed by atoms with Gasteiger partial charge in [0.2, 0.25) is 0 Å². The summed E-state index contributed by atoms with van der Waals surface area (Å²) < 4.78 is 0. The number of imide groups is 1. The number of benzene rings is 2. The predicted octanol–water partition coefficient (Wildman–Crippen LogP) is 4.30. The summed E-state index contributed by atoms with van der Waals surface area (Å²) in [5.74, 6) is -0.0756. The molecule has 0 saturated carbocycles. The molecule has 0 aromatic heterocycles. The number of piperidine rings is 1. The van der Waals surface area contributed by atoms with Gasteiger partial charge in [0, 0.05) is 24.6 Å². The first-order valence-electron chi connectivity index (χ1n) is 11.7. The van der Waals surface area contributed by atoms with Gasteiger partial charge in [0.1, 0.15) is 5.54 Å². The Hall–Kier alpha value is -2.99. The lowest BCUT2D eigenvalue weighted by atomic mass is 9.84. The lowest BCUT2D eigenvalue weighted by molar-refractivity contribution is -0.132. The van der Waals surface area contributed by atoms with Crippen LogP contribution in [0.3, 0.4) is 0 Å². The molecule has 2 fully saturated rings. The number of ketones is 1. The fraction of sp³-hybridized carbons (Fsp3) is 0.444. The monoisotopic (exact) mass is 447 g/mol. The van der Waals surface area contributed by atoms with Gasteiger partial charge in [0.05, 0.1) is 6.67 Å². The Balaban J connectivity index is 1.39. The first kappa shape index (κ1) is 23.2. The van der Waals surface area contributed by atoms with E-state index in [1.807, 2.05) is 54.6 Å². The van der Waals surface area contributed by atoms with Crippen molar-refractivity contribution < 1.29 is 14.4 Å². The largest absolute Gasteiger partial charge is 0.326 e. The number of nitrogens with one attached hydrogen (secondary N) is 1.